The van der Waals surface area contributed by atoms with Crippen LogP contribution < -0.4 is 4.74 Å². The van der Waals surface area contributed by atoms with Crippen LogP contribution in [0.25, 0.3) is 0 Å². The van der Waals surface area contributed by atoms with Crippen LogP contribution in [0.4, 0.5) is 4.39 Å². The lowest BCUT2D eigenvalue weighted by Gasteiger charge is -2.10. The maximum Gasteiger partial charge on any atom is 0.277 e. The van der Waals surface area contributed by atoms with Gasteiger partial charge in [-0.2, -0.15) is 0 Å². The predicted octanol–water partition coefficient (Wildman–Crippen LogP) is 5.88. The molecule has 9 heteroatoms. The molecule has 6 nitrogen and oxygen atoms in total. The summed E-state index contributed by atoms with van der Waals surface area (Å²) < 4.78 is 26.4. The van der Waals surface area contributed by atoms with Gasteiger partial charge in [0.05, 0.1) is 5.75 Å². The number of hydrogen-bond donors (Lipinski definition) is 0. The summed E-state index contributed by atoms with van der Waals surface area (Å²) in [5, 5.41) is 8.86. The highest BCUT2D eigenvalue weighted by molar-refractivity contribution is 7.99. The summed E-state index contributed by atoms with van der Waals surface area (Å²) in [5.41, 5.74) is 3.44. The molecule has 2 aromatic carbocycles. The lowest BCUT2D eigenvalue weighted by Crippen LogP contribution is -2.07. The molecule has 0 atom stereocenters. The van der Waals surface area contributed by atoms with Crippen LogP contribution in [0.5, 0.6) is 5.75 Å². The SMILES string of the molecule is Cc1cc(C(=O)CSc2nnc(COc3ccc(Cl)cc3)o2)c(C)n1Cc1ccc(F)cc1. The van der Waals surface area contributed by atoms with E-state index in [1.165, 1.54) is 23.9 Å². The van der Waals surface area contributed by atoms with Gasteiger partial charge in [0, 0.05) is 28.5 Å². The van der Waals surface area contributed by atoms with Crippen LogP contribution in [0.1, 0.15) is 33.2 Å². The van der Waals surface area contributed by atoms with Crippen LogP contribution in [0, 0.1) is 19.7 Å². The van der Waals surface area contributed by atoms with Crippen molar-refractivity contribution < 1.29 is 18.3 Å². The van der Waals surface area contributed by atoms with E-state index in [2.05, 4.69) is 10.2 Å². The minimum atomic E-state index is -0.270. The first-order valence-corrected chi connectivity index (χ1v) is 11.5. The molecule has 2 heterocycles. The zero-order valence-corrected chi connectivity index (χ0v) is 19.6. The smallest absolute Gasteiger partial charge is 0.277 e. The Labute approximate surface area is 199 Å². The number of ketones is 1. The molecule has 0 amide bonds. The van der Waals surface area contributed by atoms with E-state index in [9.17, 15) is 9.18 Å². The molecule has 0 aliphatic heterocycles. The van der Waals surface area contributed by atoms with Crippen molar-refractivity contribution in [3.63, 3.8) is 0 Å². The van der Waals surface area contributed by atoms with Crippen molar-refractivity contribution in [2.75, 3.05) is 5.75 Å². The fourth-order valence-corrected chi connectivity index (χ4v) is 4.12. The van der Waals surface area contributed by atoms with Gasteiger partial charge in [0.25, 0.3) is 11.1 Å². The number of rotatable bonds is 9. The van der Waals surface area contributed by atoms with Gasteiger partial charge in [-0.15, -0.1) is 10.2 Å². The van der Waals surface area contributed by atoms with Gasteiger partial charge in [-0.05, 0) is 61.9 Å². The van der Waals surface area contributed by atoms with Gasteiger partial charge in [0.15, 0.2) is 12.4 Å². The number of aryl methyl sites for hydroxylation is 1. The van der Waals surface area contributed by atoms with E-state index in [1.807, 2.05) is 24.5 Å². The van der Waals surface area contributed by atoms with Crippen LogP contribution in [0.3, 0.4) is 0 Å². The standard InChI is InChI=1S/C24H21ClFN3O3S/c1-15-11-21(16(2)29(15)12-17-3-7-19(26)8-4-17)22(30)14-33-24-28-27-23(32-24)13-31-20-9-5-18(25)6-10-20/h3-11H,12-14H2,1-2H3. The fourth-order valence-electron chi connectivity index (χ4n) is 3.33. The molecule has 0 spiro atoms. The third-order valence-electron chi connectivity index (χ3n) is 5.08. The number of nitrogens with zero attached hydrogens (tertiary/aromatic N) is 3. The molecule has 0 unspecified atom stereocenters. The Hall–Kier alpha value is -3.10. The molecule has 4 rings (SSSR count). The predicted molar refractivity (Wildman–Crippen MR) is 125 cm³/mol. The highest BCUT2D eigenvalue weighted by Crippen LogP contribution is 2.23. The second-order valence-electron chi connectivity index (χ2n) is 7.41. The summed E-state index contributed by atoms with van der Waals surface area (Å²) in [6.45, 7) is 4.55. The molecule has 0 radical (unpaired) electrons. The van der Waals surface area contributed by atoms with Gasteiger partial charge in [0.2, 0.25) is 0 Å². The second kappa shape index (κ2) is 10.2. The number of hydrogen-bond acceptors (Lipinski definition) is 6. The van der Waals surface area contributed by atoms with Gasteiger partial charge in [-0.1, -0.05) is 35.5 Å². The number of carbonyl (C=O) groups excluding carboxylic acids is 1. The summed E-state index contributed by atoms with van der Waals surface area (Å²) >= 11 is 7.04. The third-order valence-corrected chi connectivity index (χ3v) is 6.15. The van der Waals surface area contributed by atoms with E-state index in [0.717, 1.165) is 17.0 Å². The maximum atomic E-state index is 13.2. The van der Waals surface area contributed by atoms with Gasteiger partial charge in [-0.25, -0.2) is 4.39 Å². The number of benzene rings is 2. The van der Waals surface area contributed by atoms with Crippen molar-refractivity contribution >= 4 is 29.1 Å². The lowest BCUT2D eigenvalue weighted by molar-refractivity contribution is 0.102. The average Bonchev–Trinajstić information content (AvgIpc) is 3.38. The Morgan fingerprint density at radius 2 is 1.85 bits per heavy atom. The van der Waals surface area contributed by atoms with Crippen LogP contribution >= 0.6 is 23.4 Å². The minimum Gasteiger partial charge on any atom is -0.484 e. The highest BCUT2D eigenvalue weighted by Gasteiger charge is 2.18. The van der Waals surface area contributed by atoms with Crippen LogP contribution in [-0.4, -0.2) is 26.3 Å². The molecule has 2 aromatic heterocycles. The first kappa shape index (κ1) is 23.1. The third kappa shape index (κ3) is 5.83. The largest absolute Gasteiger partial charge is 0.484 e. The van der Waals surface area contributed by atoms with E-state index in [0.29, 0.717) is 34.0 Å². The van der Waals surface area contributed by atoms with Crippen molar-refractivity contribution in [3.05, 3.63) is 93.8 Å². The average molecular weight is 486 g/mol. The summed E-state index contributed by atoms with van der Waals surface area (Å²) in [7, 11) is 0. The van der Waals surface area contributed by atoms with E-state index in [4.69, 9.17) is 20.8 Å². The molecule has 0 bridgehead atoms. The summed E-state index contributed by atoms with van der Waals surface area (Å²) in [6, 6.07) is 15.2. The lowest BCUT2D eigenvalue weighted by atomic mass is 10.2. The van der Waals surface area contributed by atoms with E-state index in [1.54, 1.807) is 36.4 Å². The zero-order chi connectivity index (χ0) is 23.4. The Morgan fingerprint density at radius 1 is 1.12 bits per heavy atom. The summed E-state index contributed by atoms with van der Waals surface area (Å²) in [4.78, 5) is 12.8. The van der Waals surface area contributed by atoms with Crippen LogP contribution in [0.2, 0.25) is 5.02 Å². The Bertz CT molecular complexity index is 1250. The highest BCUT2D eigenvalue weighted by atomic mass is 35.5. The Balaban J connectivity index is 1.34. The number of aromatic nitrogens is 3. The van der Waals surface area contributed by atoms with Crippen molar-refractivity contribution in [1.82, 2.24) is 14.8 Å². The first-order chi connectivity index (χ1) is 15.9. The quantitative estimate of drug-likeness (QED) is 0.218. The summed E-state index contributed by atoms with van der Waals surface area (Å²) in [6.07, 6.45) is 0. The van der Waals surface area contributed by atoms with Crippen molar-refractivity contribution in [1.29, 1.82) is 0 Å². The van der Waals surface area contributed by atoms with E-state index < -0.39 is 0 Å². The van der Waals surface area contributed by atoms with Crippen molar-refractivity contribution in [3.8, 4) is 5.75 Å². The number of ether oxygens (including phenoxy) is 1. The monoisotopic (exact) mass is 485 g/mol. The Morgan fingerprint density at radius 3 is 2.58 bits per heavy atom. The molecular weight excluding hydrogens is 465 g/mol. The molecule has 0 fully saturated rings. The molecule has 0 N–H and O–H groups in total. The van der Waals surface area contributed by atoms with E-state index >= 15 is 0 Å². The van der Waals surface area contributed by atoms with Crippen LogP contribution in [0.15, 0.2) is 64.2 Å². The number of carbonyl (C=O) groups is 1. The maximum absolute atomic E-state index is 13.2. The first-order valence-electron chi connectivity index (χ1n) is 10.2. The number of Topliss-reactive ketones (excluding diaryl/α,β-unsaturated/α-hetero) is 1. The van der Waals surface area contributed by atoms with Gasteiger partial charge < -0.3 is 13.7 Å². The van der Waals surface area contributed by atoms with Crippen molar-refractivity contribution in [2.45, 2.75) is 32.2 Å². The molecule has 0 saturated carbocycles. The molecule has 4 aromatic rings. The molecule has 0 saturated heterocycles. The summed E-state index contributed by atoms with van der Waals surface area (Å²) in [5.74, 6) is 0.819. The van der Waals surface area contributed by atoms with E-state index in [-0.39, 0.29) is 24.0 Å². The normalized spacial score (nSPS) is 11.0. The van der Waals surface area contributed by atoms with Crippen LogP contribution in [-0.2, 0) is 13.2 Å². The van der Waals surface area contributed by atoms with Gasteiger partial charge in [-0.3, -0.25) is 4.79 Å². The van der Waals surface area contributed by atoms with Gasteiger partial charge in [0.1, 0.15) is 11.6 Å². The van der Waals surface area contributed by atoms with Crippen molar-refractivity contribution in [2.24, 2.45) is 0 Å². The zero-order valence-electron chi connectivity index (χ0n) is 18.0. The second-order valence-corrected chi connectivity index (χ2v) is 8.78. The number of thioether (sulfide) groups is 1. The molecule has 33 heavy (non-hydrogen) atoms. The Kier molecular flexibility index (Phi) is 7.15. The molecule has 0 aliphatic rings. The topological polar surface area (TPSA) is 70.2 Å². The fraction of sp³-hybridized carbons (Fsp3) is 0.208. The minimum absolute atomic E-state index is 0.0318. The molecule has 170 valence electrons. The molecule has 0 aliphatic carbocycles. The molecular formula is C24H21ClFN3O3S. The number of halogens is 2. The van der Waals surface area contributed by atoms with Gasteiger partial charge >= 0.3 is 0 Å².